The first kappa shape index (κ1) is 11.3. The van der Waals surface area contributed by atoms with Gasteiger partial charge < -0.3 is 5.32 Å². The van der Waals surface area contributed by atoms with E-state index in [1.807, 2.05) is 0 Å². The lowest BCUT2D eigenvalue weighted by Crippen LogP contribution is -2.16. The zero-order valence-corrected chi connectivity index (χ0v) is 8.85. The number of amides is 1. The number of hydrogen-bond acceptors (Lipinski definition) is 2. The van der Waals surface area contributed by atoms with Crippen LogP contribution in [0.5, 0.6) is 0 Å². The van der Waals surface area contributed by atoms with E-state index in [0.29, 0.717) is 5.69 Å². The molecule has 0 aliphatic rings. The maximum Gasteiger partial charge on any atom is 0.258 e. The third-order valence-electron chi connectivity index (χ3n) is 2.16. The summed E-state index contributed by atoms with van der Waals surface area (Å²) in [4.78, 5) is 15.6. The molecule has 0 unspecified atom stereocenters. The van der Waals surface area contributed by atoms with Gasteiger partial charge in [0.2, 0.25) is 0 Å². The highest BCUT2D eigenvalue weighted by Crippen LogP contribution is 2.09. The van der Waals surface area contributed by atoms with Gasteiger partial charge in [-0.25, -0.2) is 4.39 Å². The van der Waals surface area contributed by atoms with Crippen LogP contribution >= 0.6 is 0 Å². The molecule has 82 valence electrons. The van der Waals surface area contributed by atoms with E-state index in [4.69, 9.17) is 7.85 Å². The zero-order valence-electron chi connectivity index (χ0n) is 8.85. The SMILES string of the molecule is [B]c1ccc(C(=O)Nc2cccnc2)c(F)c1. The average Bonchev–Trinajstić information content (AvgIpc) is 2.30. The molecular weight excluding hydrogens is 218 g/mol. The van der Waals surface area contributed by atoms with E-state index in [-0.39, 0.29) is 11.0 Å². The zero-order chi connectivity index (χ0) is 12.3. The highest BCUT2D eigenvalue weighted by molar-refractivity contribution is 6.32. The van der Waals surface area contributed by atoms with Gasteiger partial charge in [-0.15, -0.1) is 0 Å². The van der Waals surface area contributed by atoms with Crippen molar-refractivity contribution in [1.82, 2.24) is 4.98 Å². The van der Waals surface area contributed by atoms with Crippen molar-refractivity contribution in [1.29, 1.82) is 0 Å². The number of carbonyl (C=O) groups excluding carboxylic acids is 1. The van der Waals surface area contributed by atoms with Crippen LogP contribution in [0.4, 0.5) is 10.1 Å². The van der Waals surface area contributed by atoms with Crippen molar-refractivity contribution >= 4 is 24.9 Å². The largest absolute Gasteiger partial charge is 0.320 e. The van der Waals surface area contributed by atoms with E-state index in [2.05, 4.69) is 10.3 Å². The summed E-state index contributed by atoms with van der Waals surface area (Å²) in [5.74, 6) is -1.18. The summed E-state index contributed by atoms with van der Waals surface area (Å²) >= 11 is 0. The van der Waals surface area contributed by atoms with Crippen molar-refractivity contribution in [3.05, 3.63) is 54.1 Å². The molecule has 1 heterocycles. The smallest absolute Gasteiger partial charge is 0.258 e. The fourth-order valence-corrected chi connectivity index (χ4v) is 1.35. The predicted molar refractivity (Wildman–Crippen MR) is 64.0 cm³/mol. The van der Waals surface area contributed by atoms with Gasteiger partial charge in [0.25, 0.3) is 5.91 Å². The second-order valence-electron chi connectivity index (χ2n) is 3.44. The lowest BCUT2D eigenvalue weighted by Gasteiger charge is -2.06. The maximum absolute atomic E-state index is 13.4. The van der Waals surface area contributed by atoms with Gasteiger partial charge in [0, 0.05) is 6.20 Å². The number of nitrogens with zero attached hydrogens (tertiary/aromatic N) is 1. The van der Waals surface area contributed by atoms with Crippen LogP contribution in [0.15, 0.2) is 42.7 Å². The first-order valence-corrected chi connectivity index (χ1v) is 4.93. The number of anilines is 1. The monoisotopic (exact) mass is 226 g/mol. The van der Waals surface area contributed by atoms with Crippen molar-refractivity contribution in [2.45, 2.75) is 0 Å². The summed E-state index contributed by atoms with van der Waals surface area (Å²) in [5, 5.41) is 2.54. The molecule has 0 spiro atoms. The summed E-state index contributed by atoms with van der Waals surface area (Å²) in [6.07, 6.45) is 3.06. The lowest BCUT2D eigenvalue weighted by molar-refractivity contribution is 0.102. The van der Waals surface area contributed by atoms with E-state index >= 15 is 0 Å². The Balaban J connectivity index is 2.21. The number of pyridine rings is 1. The lowest BCUT2D eigenvalue weighted by atomic mass is 9.95. The van der Waals surface area contributed by atoms with Gasteiger partial charge >= 0.3 is 0 Å². The molecule has 1 N–H and O–H groups in total. The van der Waals surface area contributed by atoms with Gasteiger partial charge in [-0.1, -0.05) is 11.5 Å². The minimum Gasteiger partial charge on any atom is -0.320 e. The van der Waals surface area contributed by atoms with E-state index < -0.39 is 11.7 Å². The van der Waals surface area contributed by atoms with Gasteiger partial charge in [-0.05, 0) is 24.3 Å². The molecule has 0 aliphatic heterocycles. The fourth-order valence-electron chi connectivity index (χ4n) is 1.35. The fraction of sp³-hybridized carbons (Fsp3) is 0. The Bertz CT molecular complexity index is 545. The standard InChI is InChI=1S/C12H8BFN2O/c13-8-3-4-10(11(14)6-8)12(17)16-9-2-1-5-15-7-9/h1-7H,(H,16,17). The van der Waals surface area contributed by atoms with Crippen molar-refractivity contribution in [3.63, 3.8) is 0 Å². The van der Waals surface area contributed by atoms with Crippen molar-refractivity contribution in [2.24, 2.45) is 0 Å². The minimum absolute atomic E-state index is 0.0527. The van der Waals surface area contributed by atoms with Crippen molar-refractivity contribution in [2.75, 3.05) is 5.32 Å². The van der Waals surface area contributed by atoms with Crippen LogP contribution < -0.4 is 10.8 Å². The summed E-state index contributed by atoms with van der Waals surface area (Å²) in [6, 6.07) is 7.27. The summed E-state index contributed by atoms with van der Waals surface area (Å²) in [7, 11) is 5.40. The summed E-state index contributed by atoms with van der Waals surface area (Å²) < 4.78 is 13.4. The molecule has 0 bridgehead atoms. The van der Waals surface area contributed by atoms with Crippen LogP contribution in [0.1, 0.15) is 10.4 Å². The van der Waals surface area contributed by atoms with Crippen molar-refractivity contribution in [3.8, 4) is 0 Å². The predicted octanol–water partition coefficient (Wildman–Crippen LogP) is 1.27. The van der Waals surface area contributed by atoms with E-state index in [0.717, 1.165) is 6.07 Å². The van der Waals surface area contributed by atoms with Crippen molar-refractivity contribution < 1.29 is 9.18 Å². The molecule has 1 aromatic carbocycles. The highest BCUT2D eigenvalue weighted by Gasteiger charge is 2.11. The average molecular weight is 226 g/mol. The number of rotatable bonds is 2. The molecule has 0 saturated heterocycles. The normalized spacial score (nSPS) is 9.94. The summed E-state index contributed by atoms with van der Waals surface area (Å²) in [6.45, 7) is 0. The van der Waals surface area contributed by atoms with Gasteiger partial charge in [0.05, 0.1) is 17.4 Å². The van der Waals surface area contributed by atoms with Crippen LogP contribution in [0.3, 0.4) is 0 Å². The molecule has 0 aliphatic carbocycles. The third-order valence-corrected chi connectivity index (χ3v) is 2.16. The quantitative estimate of drug-likeness (QED) is 0.783. The van der Waals surface area contributed by atoms with E-state index in [9.17, 15) is 9.18 Å². The highest BCUT2D eigenvalue weighted by atomic mass is 19.1. The second kappa shape index (κ2) is 4.78. The first-order valence-electron chi connectivity index (χ1n) is 4.93. The number of aromatic nitrogens is 1. The maximum atomic E-state index is 13.4. The molecule has 5 heteroatoms. The second-order valence-corrected chi connectivity index (χ2v) is 3.44. The minimum atomic E-state index is -0.647. The Morgan fingerprint density at radius 1 is 1.35 bits per heavy atom. The molecule has 0 atom stereocenters. The number of carbonyl (C=O) groups is 1. The Kier molecular flexibility index (Phi) is 3.18. The Labute approximate surface area is 99.1 Å². The topological polar surface area (TPSA) is 42.0 Å². The molecule has 0 fully saturated rings. The number of halogens is 1. The van der Waals surface area contributed by atoms with Crippen LogP contribution in [0.2, 0.25) is 0 Å². The van der Waals surface area contributed by atoms with Gasteiger partial charge in [0.1, 0.15) is 13.7 Å². The molecule has 0 saturated carbocycles. The third kappa shape index (κ3) is 2.69. The Morgan fingerprint density at radius 2 is 2.18 bits per heavy atom. The molecule has 1 aromatic heterocycles. The molecule has 17 heavy (non-hydrogen) atoms. The van der Waals surface area contributed by atoms with Crippen LogP contribution in [-0.4, -0.2) is 18.7 Å². The van der Waals surface area contributed by atoms with Crippen LogP contribution in [0, 0.1) is 5.82 Å². The van der Waals surface area contributed by atoms with Gasteiger partial charge in [0.15, 0.2) is 0 Å². The van der Waals surface area contributed by atoms with Crippen LogP contribution in [-0.2, 0) is 0 Å². The molecule has 2 aromatic rings. The van der Waals surface area contributed by atoms with Crippen LogP contribution in [0.25, 0.3) is 0 Å². The molecular formula is C12H8BFN2O. The molecule has 2 radical (unpaired) electrons. The molecule has 2 rings (SSSR count). The van der Waals surface area contributed by atoms with E-state index in [1.165, 1.54) is 18.3 Å². The molecule has 1 amide bonds. The Morgan fingerprint density at radius 3 is 2.82 bits per heavy atom. The first-order chi connectivity index (χ1) is 8.16. The number of hydrogen-bond donors (Lipinski definition) is 1. The van der Waals surface area contributed by atoms with E-state index in [1.54, 1.807) is 18.3 Å². The Hall–Kier alpha value is -2.17. The van der Waals surface area contributed by atoms with Gasteiger partial charge in [-0.2, -0.15) is 0 Å². The van der Waals surface area contributed by atoms with Gasteiger partial charge in [-0.3, -0.25) is 9.78 Å². The molecule has 3 nitrogen and oxygen atoms in total. The number of nitrogens with one attached hydrogen (secondary N) is 1. The summed E-state index contributed by atoms with van der Waals surface area (Å²) in [5.41, 5.74) is 0.734. The number of benzene rings is 1.